The van der Waals surface area contributed by atoms with Crippen molar-refractivity contribution >= 4 is 17.5 Å². The highest BCUT2D eigenvalue weighted by Crippen LogP contribution is 2.21. The normalized spacial score (nSPS) is 15.7. The summed E-state index contributed by atoms with van der Waals surface area (Å²) < 4.78 is 38.0. The molecule has 9 heteroatoms. The molecule has 0 saturated carbocycles. The van der Waals surface area contributed by atoms with Gasteiger partial charge in [0, 0.05) is 37.8 Å². The van der Waals surface area contributed by atoms with Gasteiger partial charge in [-0.05, 0) is 31.4 Å². The molecule has 0 radical (unpaired) electrons. The monoisotopic (exact) mass is 401 g/mol. The number of hydrogen-bond donors (Lipinski definition) is 2. The van der Waals surface area contributed by atoms with Crippen molar-refractivity contribution in [2.24, 2.45) is 5.92 Å². The highest BCUT2D eigenvalue weighted by atomic mass is 19.4. The van der Waals surface area contributed by atoms with Crippen LogP contribution in [0.15, 0.2) is 30.3 Å². The minimum Gasteiger partial charge on any atom is -0.396 e. The number of carbonyl (C=O) groups excluding carboxylic acids is 2. The van der Waals surface area contributed by atoms with Gasteiger partial charge in [0.15, 0.2) is 0 Å². The number of halogens is 3. The lowest BCUT2D eigenvalue weighted by atomic mass is 9.95. The van der Waals surface area contributed by atoms with Crippen molar-refractivity contribution in [3.05, 3.63) is 30.3 Å². The number of hydrogen-bond acceptors (Lipinski definition) is 4. The third kappa shape index (κ3) is 7.47. The molecular weight excluding hydrogens is 375 g/mol. The number of amides is 2. The Balaban J connectivity index is 1.82. The van der Waals surface area contributed by atoms with Crippen molar-refractivity contribution < 1.29 is 27.9 Å². The van der Waals surface area contributed by atoms with E-state index in [1.54, 1.807) is 12.1 Å². The predicted octanol–water partition coefficient (Wildman–Crippen LogP) is 2.11. The Labute approximate surface area is 162 Å². The summed E-state index contributed by atoms with van der Waals surface area (Å²) in [4.78, 5) is 27.2. The molecule has 0 spiro atoms. The zero-order chi connectivity index (χ0) is 20.6. The lowest BCUT2D eigenvalue weighted by Gasteiger charge is -2.33. The van der Waals surface area contributed by atoms with E-state index in [0.29, 0.717) is 31.6 Å². The van der Waals surface area contributed by atoms with Crippen molar-refractivity contribution in [2.45, 2.75) is 25.4 Å². The molecule has 156 valence electrons. The lowest BCUT2D eigenvalue weighted by Crippen LogP contribution is -2.47. The Hall–Kier alpha value is -2.13. The maximum atomic E-state index is 12.7. The second kappa shape index (κ2) is 10.4. The van der Waals surface area contributed by atoms with Crippen LogP contribution in [0.2, 0.25) is 0 Å². The van der Waals surface area contributed by atoms with Gasteiger partial charge < -0.3 is 15.3 Å². The largest absolute Gasteiger partial charge is 0.401 e. The van der Waals surface area contributed by atoms with Crippen molar-refractivity contribution in [3.8, 4) is 0 Å². The number of nitrogens with zero attached hydrogens (tertiary/aromatic N) is 2. The highest BCUT2D eigenvalue weighted by Gasteiger charge is 2.33. The summed E-state index contributed by atoms with van der Waals surface area (Å²) in [6.45, 7) is -1.09. The minimum atomic E-state index is -4.40. The van der Waals surface area contributed by atoms with Crippen LogP contribution in [0.3, 0.4) is 0 Å². The van der Waals surface area contributed by atoms with Crippen LogP contribution in [-0.2, 0) is 9.59 Å². The van der Waals surface area contributed by atoms with E-state index in [2.05, 4.69) is 5.32 Å². The lowest BCUT2D eigenvalue weighted by molar-refractivity contribution is -0.152. The van der Waals surface area contributed by atoms with E-state index in [4.69, 9.17) is 5.11 Å². The minimum absolute atomic E-state index is 0.00229. The van der Waals surface area contributed by atoms with Crippen molar-refractivity contribution in [1.82, 2.24) is 9.80 Å². The first kappa shape index (κ1) is 22.2. The second-order valence-corrected chi connectivity index (χ2v) is 6.91. The molecule has 0 bridgehead atoms. The van der Waals surface area contributed by atoms with Gasteiger partial charge in [0.25, 0.3) is 0 Å². The summed E-state index contributed by atoms with van der Waals surface area (Å²) in [5, 5.41) is 11.7. The van der Waals surface area contributed by atoms with E-state index < -0.39 is 12.7 Å². The fourth-order valence-electron chi connectivity index (χ4n) is 3.21. The van der Waals surface area contributed by atoms with Crippen molar-refractivity contribution in [2.75, 3.05) is 44.6 Å². The van der Waals surface area contributed by atoms with E-state index in [0.717, 1.165) is 4.90 Å². The number of rotatable bonds is 8. The molecule has 28 heavy (non-hydrogen) atoms. The SMILES string of the molecule is O=C(Nc1ccccc1)C1CCN(C(=O)CN(CCCO)CC(F)(F)F)CC1. The summed E-state index contributed by atoms with van der Waals surface area (Å²) in [7, 11) is 0. The number of aliphatic hydroxyl groups excluding tert-OH is 1. The van der Waals surface area contributed by atoms with Gasteiger partial charge in [-0.1, -0.05) is 18.2 Å². The molecule has 1 saturated heterocycles. The first-order valence-corrected chi connectivity index (χ1v) is 9.32. The van der Waals surface area contributed by atoms with Gasteiger partial charge in [-0.15, -0.1) is 0 Å². The van der Waals surface area contributed by atoms with Crippen LogP contribution in [0, 0.1) is 5.92 Å². The van der Waals surface area contributed by atoms with Crippen LogP contribution >= 0.6 is 0 Å². The van der Waals surface area contributed by atoms with Gasteiger partial charge in [0.2, 0.25) is 11.8 Å². The molecule has 0 aromatic heterocycles. The zero-order valence-corrected chi connectivity index (χ0v) is 15.6. The zero-order valence-electron chi connectivity index (χ0n) is 15.6. The third-order valence-corrected chi connectivity index (χ3v) is 4.65. The van der Waals surface area contributed by atoms with E-state index in [9.17, 15) is 22.8 Å². The molecule has 1 aromatic rings. The first-order valence-electron chi connectivity index (χ1n) is 9.32. The van der Waals surface area contributed by atoms with Gasteiger partial charge in [0.05, 0.1) is 13.1 Å². The highest BCUT2D eigenvalue weighted by molar-refractivity contribution is 5.92. The van der Waals surface area contributed by atoms with Crippen LogP contribution < -0.4 is 5.32 Å². The van der Waals surface area contributed by atoms with Gasteiger partial charge in [-0.2, -0.15) is 13.2 Å². The summed E-state index contributed by atoms with van der Waals surface area (Å²) in [5.74, 6) is -0.728. The average molecular weight is 401 g/mol. The molecular formula is C19H26F3N3O3. The van der Waals surface area contributed by atoms with E-state index in [-0.39, 0.29) is 43.8 Å². The van der Waals surface area contributed by atoms with E-state index in [1.165, 1.54) is 4.90 Å². The van der Waals surface area contributed by atoms with Crippen molar-refractivity contribution in [1.29, 1.82) is 0 Å². The molecule has 0 atom stereocenters. The number of likely N-dealkylation sites (tertiary alicyclic amines) is 1. The molecule has 1 aliphatic rings. The van der Waals surface area contributed by atoms with Crippen LogP contribution in [0.4, 0.5) is 18.9 Å². The Bertz CT molecular complexity index is 632. The summed E-state index contributed by atoms with van der Waals surface area (Å²) in [5.41, 5.74) is 0.706. The topological polar surface area (TPSA) is 72.9 Å². The van der Waals surface area contributed by atoms with Gasteiger partial charge in [-0.3, -0.25) is 14.5 Å². The second-order valence-electron chi connectivity index (χ2n) is 6.91. The number of anilines is 1. The number of nitrogens with one attached hydrogen (secondary N) is 1. The maximum absolute atomic E-state index is 12.7. The third-order valence-electron chi connectivity index (χ3n) is 4.65. The Kier molecular flexibility index (Phi) is 8.25. The molecule has 0 unspecified atom stereocenters. The summed E-state index contributed by atoms with van der Waals surface area (Å²) >= 11 is 0. The fourth-order valence-corrected chi connectivity index (χ4v) is 3.21. The number of benzene rings is 1. The first-order chi connectivity index (χ1) is 13.3. The predicted molar refractivity (Wildman–Crippen MR) is 98.6 cm³/mol. The number of aliphatic hydroxyl groups is 1. The average Bonchev–Trinajstić information content (AvgIpc) is 2.65. The Morgan fingerprint density at radius 2 is 1.82 bits per heavy atom. The summed E-state index contributed by atoms with van der Waals surface area (Å²) in [6, 6.07) is 9.07. The summed E-state index contributed by atoms with van der Waals surface area (Å²) in [6.07, 6.45) is -3.29. The van der Waals surface area contributed by atoms with Gasteiger partial charge in [-0.25, -0.2) is 0 Å². The van der Waals surface area contributed by atoms with Crippen LogP contribution in [0.1, 0.15) is 19.3 Å². The number of para-hydroxylation sites is 1. The number of piperidine rings is 1. The molecule has 1 heterocycles. The molecule has 2 N–H and O–H groups in total. The molecule has 1 aliphatic heterocycles. The van der Waals surface area contributed by atoms with Gasteiger partial charge in [0.1, 0.15) is 0 Å². The molecule has 1 fully saturated rings. The standard InChI is InChI=1S/C19H26F3N3O3/c20-19(21,22)14-24(9-4-12-26)13-17(27)25-10-7-15(8-11-25)18(28)23-16-5-2-1-3-6-16/h1-3,5-6,15,26H,4,7-14H2,(H,23,28). The molecule has 2 rings (SSSR count). The number of carbonyl (C=O) groups is 2. The van der Waals surface area contributed by atoms with Crippen LogP contribution in [0.5, 0.6) is 0 Å². The number of alkyl halides is 3. The fraction of sp³-hybridized carbons (Fsp3) is 0.579. The maximum Gasteiger partial charge on any atom is 0.401 e. The smallest absolute Gasteiger partial charge is 0.396 e. The molecule has 1 aromatic carbocycles. The molecule has 2 amide bonds. The van der Waals surface area contributed by atoms with E-state index >= 15 is 0 Å². The van der Waals surface area contributed by atoms with E-state index in [1.807, 2.05) is 18.2 Å². The van der Waals surface area contributed by atoms with Crippen molar-refractivity contribution in [3.63, 3.8) is 0 Å². The Morgan fingerprint density at radius 1 is 1.18 bits per heavy atom. The Morgan fingerprint density at radius 3 is 2.39 bits per heavy atom. The molecule has 6 nitrogen and oxygen atoms in total. The van der Waals surface area contributed by atoms with Gasteiger partial charge >= 0.3 is 6.18 Å². The quantitative estimate of drug-likeness (QED) is 0.700. The van der Waals surface area contributed by atoms with Crippen LogP contribution in [-0.4, -0.2) is 72.2 Å². The van der Waals surface area contributed by atoms with Crippen LogP contribution in [0.25, 0.3) is 0 Å². The molecule has 0 aliphatic carbocycles.